The number of aryl methyl sites for hydroxylation is 1. The van der Waals surface area contributed by atoms with Gasteiger partial charge in [-0.15, -0.1) is 0 Å². The average Bonchev–Trinajstić information content (AvgIpc) is 3.11. The van der Waals surface area contributed by atoms with Crippen molar-refractivity contribution in [2.24, 2.45) is 0 Å². The third-order valence-electron chi connectivity index (χ3n) is 5.85. The maximum atomic E-state index is 13.5. The number of hydrogen-bond donors (Lipinski definition) is 1. The van der Waals surface area contributed by atoms with Crippen molar-refractivity contribution in [3.63, 3.8) is 0 Å². The molecule has 10 heteroatoms. The minimum absolute atomic E-state index is 0.125. The standard InChI is InChI=1S/C25H27N3O5S2/c1-20-12-14-23(15-13-20)34(30,31)28-19-24(25(29)26-17-16-21-8-4-2-5-9-21)27(35(28,32)33)18-22-10-6-3-7-11-22/h2-15,24H,16-19H2,1H3,(H,26,29). The van der Waals surface area contributed by atoms with Gasteiger partial charge in [0.25, 0.3) is 20.2 Å². The average molecular weight is 514 g/mol. The second kappa shape index (κ2) is 10.3. The molecule has 4 rings (SSSR count). The minimum Gasteiger partial charge on any atom is -0.354 e. The molecule has 1 atom stereocenters. The van der Waals surface area contributed by atoms with E-state index in [2.05, 4.69) is 5.32 Å². The largest absolute Gasteiger partial charge is 0.354 e. The summed E-state index contributed by atoms with van der Waals surface area (Å²) in [5.74, 6) is -0.540. The van der Waals surface area contributed by atoms with Gasteiger partial charge < -0.3 is 5.32 Å². The molecule has 0 radical (unpaired) electrons. The number of rotatable bonds is 8. The molecule has 0 aliphatic carbocycles. The van der Waals surface area contributed by atoms with Gasteiger partial charge in [-0.3, -0.25) is 4.79 Å². The zero-order chi connectivity index (χ0) is 25.1. The summed E-state index contributed by atoms with van der Waals surface area (Å²) in [6.45, 7) is 1.48. The molecule has 1 heterocycles. The summed E-state index contributed by atoms with van der Waals surface area (Å²) in [5, 5.41) is 2.78. The van der Waals surface area contributed by atoms with Crippen LogP contribution >= 0.6 is 0 Å². The molecular weight excluding hydrogens is 486 g/mol. The highest BCUT2D eigenvalue weighted by Crippen LogP contribution is 2.31. The fraction of sp³-hybridized carbons (Fsp3) is 0.240. The molecule has 1 amide bonds. The van der Waals surface area contributed by atoms with E-state index in [1.165, 1.54) is 12.1 Å². The zero-order valence-electron chi connectivity index (χ0n) is 19.2. The Morgan fingerprint density at radius 2 is 1.49 bits per heavy atom. The molecular formula is C25H27N3O5S2. The lowest BCUT2D eigenvalue weighted by molar-refractivity contribution is -0.124. The van der Waals surface area contributed by atoms with Crippen LogP contribution in [0.2, 0.25) is 0 Å². The Labute approximate surface area is 206 Å². The van der Waals surface area contributed by atoms with Gasteiger partial charge in [0.05, 0.1) is 11.4 Å². The fourth-order valence-corrected chi connectivity index (χ4v) is 7.83. The summed E-state index contributed by atoms with van der Waals surface area (Å²) in [4.78, 5) is 13.0. The van der Waals surface area contributed by atoms with Gasteiger partial charge in [-0.05, 0) is 36.6 Å². The summed E-state index contributed by atoms with van der Waals surface area (Å²) in [6, 6.07) is 23.1. The lowest BCUT2D eigenvalue weighted by atomic mass is 10.1. The lowest BCUT2D eigenvalue weighted by Crippen LogP contribution is -2.46. The van der Waals surface area contributed by atoms with Crippen molar-refractivity contribution in [3.8, 4) is 0 Å². The quantitative estimate of drug-likeness (QED) is 0.498. The minimum atomic E-state index is -4.50. The Kier molecular flexibility index (Phi) is 7.36. The van der Waals surface area contributed by atoms with Crippen molar-refractivity contribution in [1.82, 2.24) is 13.3 Å². The first-order chi connectivity index (χ1) is 16.7. The number of nitrogens with one attached hydrogen (secondary N) is 1. The summed E-state index contributed by atoms with van der Waals surface area (Å²) in [6.07, 6.45) is 0.566. The van der Waals surface area contributed by atoms with Crippen molar-refractivity contribution in [1.29, 1.82) is 0 Å². The highest BCUT2D eigenvalue weighted by atomic mass is 32.3. The van der Waals surface area contributed by atoms with Gasteiger partial charge in [-0.25, -0.2) is 8.42 Å². The highest BCUT2D eigenvalue weighted by Gasteiger charge is 2.52. The Balaban J connectivity index is 1.61. The monoisotopic (exact) mass is 513 g/mol. The predicted octanol–water partition coefficient (Wildman–Crippen LogP) is 2.47. The molecule has 35 heavy (non-hydrogen) atoms. The molecule has 184 valence electrons. The number of benzene rings is 3. The van der Waals surface area contributed by atoms with Crippen LogP contribution < -0.4 is 5.32 Å². The molecule has 0 aromatic heterocycles. The Morgan fingerprint density at radius 3 is 2.09 bits per heavy atom. The number of carbonyl (C=O) groups is 1. The van der Waals surface area contributed by atoms with E-state index < -0.39 is 38.7 Å². The number of nitrogens with zero attached hydrogens (tertiary/aromatic N) is 2. The Hall–Kier alpha value is -3.05. The SMILES string of the molecule is Cc1ccc(S(=O)(=O)N2CC(C(=O)NCCc3ccccc3)N(Cc3ccccc3)S2(=O)=O)cc1. The fourth-order valence-electron chi connectivity index (χ4n) is 3.92. The van der Waals surface area contributed by atoms with Gasteiger partial charge in [-0.2, -0.15) is 12.7 Å². The molecule has 1 saturated heterocycles. The first kappa shape index (κ1) is 25.1. The van der Waals surface area contributed by atoms with Crippen molar-refractivity contribution in [3.05, 3.63) is 102 Å². The first-order valence-electron chi connectivity index (χ1n) is 11.2. The molecule has 0 spiro atoms. The van der Waals surface area contributed by atoms with Gasteiger partial charge in [0.1, 0.15) is 6.04 Å². The molecule has 1 aliphatic rings. The van der Waals surface area contributed by atoms with Crippen LogP contribution in [0, 0.1) is 6.92 Å². The van der Waals surface area contributed by atoms with E-state index in [1.807, 2.05) is 30.3 Å². The second-order valence-electron chi connectivity index (χ2n) is 8.35. The van der Waals surface area contributed by atoms with Crippen molar-refractivity contribution in [2.45, 2.75) is 30.8 Å². The number of sulfonamides is 1. The van der Waals surface area contributed by atoms with E-state index >= 15 is 0 Å². The third kappa shape index (κ3) is 5.46. The maximum absolute atomic E-state index is 13.5. The Bertz CT molecular complexity index is 1380. The van der Waals surface area contributed by atoms with Crippen molar-refractivity contribution >= 4 is 26.1 Å². The van der Waals surface area contributed by atoms with Gasteiger partial charge in [0.15, 0.2) is 0 Å². The van der Waals surface area contributed by atoms with Crippen LogP contribution in [0.4, 0.5) is 0 Å². The summed E-state index contributed by atoms with van der Waals surface area (Å²) >= 11 is 0. The Morgan fingerprint density at radius 1 is 0.914 bits per heavy atom. The molecule has 3 aromatic rings. The third-order valence-corrected chi connectivity index (χ3v) is 10.2. The van der Waals surface area contributed by atoms with Crippen LogP contribution in [0.3, 0.4) is 0 Å². The van der Waals surface area contributed by atoms with Gasteiger partial charge >= 0.3 is 0 Å². The molecule has 1 aliphatic heterocycles. The van der Waals surface area contributed by atoms with Crippen molar-refractivity contribution < 1.29 is 21.6 Å². The smallest absolute Gasteiger partial charge is 0.296 e. The van der Waals surface area contributed by atoms with E-state index in [0.29, 0.717) is 22.2 Å². The highest BCUT2D eigenvalue weighted by molar-refractivity contribution is 8.03. The summed E-state index contributed by atoms with van der Waals surface area (Å²) < 4.78 is 55.0. The maximum Gasteiger partial charge on any atom is 0.296 e. The zero-order valence-corrected chi connectivity index (χ0v) is 20.9. The van der Waals surface area contributed by atoms with Gasteiger partial charge in [-0.1, -0.05) is 82.1 Å². The molecule has 0 bridgehead atoms. The molecule has 8 nitrogen and oxygen atoms in total. The first-order valence-corrected chi connectivity index (χ1v) is 14.0. The van der Waals surface area contributed by atoms with Crippen LogP contribution in [0.15, 0.2) is 89.8 Å². The number of hydrogen-bond acceptors (Lipinski definition) is 5. The van der Waals surface area contributed by atoms with Crippen LogP contribution in [0.5, 0.6) is 0 Å². The van der Waals surface area contributed by atoms with E-state index in [0.717, 1.165) is 15.4 Å². The van der Waals surface area contributed by atoms with Gasteiger partial charge in [0.2, 0.25) is 5.91 Å². The van der Waals surface area contributed by atoms with Gasteiger partial charge in [0, 0.05) is 13.1 Å². The molecule has 0 saturated carbocycles. The number of carbonyl (C=O) groups excluding carboxylic acids is 1. The van der Waals surface area contributed by atoms with Crippen LogP contribution in [0.1, 0.15) is 16.7 Å². The molecule has 1 unspecified atom stereocenters. The summed E-state index contributed by atoms with van der Waals surface area (Å²) in [7, 11) is -8.89. The molecule has 1 fully saturated rings. The number of amides is 1. The van der Waals surface area contributed by atoms with E-state index in [9.17, 15) is 21.6 Å². The van der Waals surface area contributed by atoms with E-state index in [-0.39, 0.29) is 11.4 Å². The second-order valence-corrected chi connectivity index (χ2v) is 12.3. The normalized spacial score (nSPS) is 18.4. The molecule has 1 N–H and O–H groups in total. The van der Waals surface area contributed by atoms with Crippen LogP contribution in [0.25, 0.3) is 0 Å². The van der Waals surface area contributed by atoms with Crippen LogP contribution in [-0.2, 0) is 38.0 Å². The molecule has 3 aromatic carbocycles. The van der Waals surface area contributed by atoms with Crippen LogP contribution in [-0.4, -0.2) is 49.9 Å². The van der Waals surface area contributed by atoms with Crippen molar-refractivity contribution in [2.75, 3.05) is 13.1 Å². The van der Waals surface area contributed by atoms with E-state index in [4.69, 9.17) is 0 Å². The predicted molar refractivity (Wildman–Crippen MR) is 133 cm³/mol. The lowest BCUT2D eigenvalue weighted by Gasteiger charge is -2.21. The summed E-state index contributed by atoms with van der Waals surface area (Å²) in [5.41, 5.74) is 2.51. The van der Waals surface area contributed by atoms with E-state index in [1.54, 1.807) is 49.4 Å². The topological polar surface area (TPSA) is 104 Å².